The standard InChI is InChI=1S/C11H22O2S/c1-9(2)10(3)14-8-6-4-5-7-11(12)13/h9-10H,4-8H2,1-3H3,(H,12,13). The van der Waals surface area contributed by atoms with E-state index in [1.165, 1.54) is 5.75 Å². The van der Waals surface area contributed by atoms with Gasteiger partial charge < -0.3 is 5.11 Å². The summed E-state index contributed by atoms with van der Waals surface area (Å²) in [7, 11) is 0. The van der Waals surface area contributed by atoms with Crippen molar-refractivity contribution in [1.82, 2.24) is 0 Å². The van der Waals surface area contributed by atoms with E-state index in [4.69, 9.17) is 5.11 Å². The van der Waals surface area contributed by atoms with E-state index in [-0.39, 0.29) is 0 Å². The molecule has 0 aliphatic heterocycles. The quantitative estimate of drug-likeness (QED) is 0.634. The molecule has 14 heavy (non-hydrogen) atoms. The zero-order valence-electron chi connectivity index (χ0n) is 9.45. The van der Waals surface area contributed by atoms with E-state index < -0.39 is 5.97 Å². The molecule has 0 heterocycles. The van der Waals surface area contributed by atoms with Gasteiger partial charge in [0.2, 0.25) is 0 Å². The van der Waals surface area contributed by atoms with E-state index >= 15 is 0 Å². The number of aliphatic carboxylic acids is 1. The van der Waals surface area contributed by atoms with Crippen LogP contribution in [0.5, 0.6) is 0 Å². The van der Waals surface area contributed by atoms with Gasteiger partial charge in [-0.25, -0.2) is 0 Å². The Bertz CT molecular complexity index is 157. The van der Waals surface area contributed by atoms with Gasteiger partial charge in [0.05, 0.1) is 0 Å². The van der Waals surface area contributed by atoms with Crippen molar-refractivity contribution in [2.45, 2.75) is 51.7 Å². The Morgan fingerprint density at radius 3 is 2.36 bits per heavy atom. The first kappa shape index (κ1) is 13.8. The number of hydrogen-bond acceptors (Lipinski definition) is 2. The molecule has 0 aliphatic carbocycles. The number of carboxylic acid groups (broad SMARTS) is 1. The van der Waals surface area contributed by atoms with Gasteiger partial charge in [0.25, 0.3) is 0 Å². The highest BCUT2D eigenvalue weighted by molar-refractivity contribution is 7.99. The summed E-state index contributed by atoms with van der Waals surface area (Å²) in [6.45, 7) is 6.73. The van der Waals surface area contributed by atoms with Gasteiger partial charge in [-0.1, -0.05) is 27.2 Å². The van der Waals surface area contributed by atoms with Gasteiger partial charge >= 0.3 is 5.97 Å². The Morgan fingerprint density at radius 1 is 1.21 bits per heavy atom. The molecule has 0 radical (unpaired) electrons. The van der Waals surface area contributed by atoms with Gasteiger partial charge in [0.15, 0.2) is 0 Å². The molecule has 0 saturated carbocycles. The van der Waals surface area contributed by atoms with Crippen LogP contribution in [0.3, 0.4) is 0 Å². The summed E-state index contributed by atoms with van der Waals surface area (Å²) in [4.78, 5) is 10.2. The van der Waals surface area contributed by atoms with Crippen molar-refractivity contribution in [3.63, 3.8) is 0 Å². The smallest absolute Gasteiger partial charge is 0.303 e. The van der Waals surface area contributed by atoms with E-state index in [2.05, 4.69) is 20.8 Å². The molecule has 0 bridgehead atoms. The molecule has 0 aromatic rings. The molecule has 0 rings (SSSR count). The SMILES string of the molecule is CC(C)C(C)SCCCCCC(=O)O. The van der Waals surface area contributed by atoms with Crippen LogP contribution in [-0.4, -0.2) is 22.1 Å². The van der Waals surface area contributed by atoms with E-state index in [1.54, 1.807) is 0 Å². The third-order valence-corrected chi connectivity index (χ3v) is 3.95. The number of rotatable bonds is 8. The van der Waals surface area contributed by atoms with Crippen LogP contribution in [0.1, 0.15) is 46.5 Å². The molecule has 2 nitrogen and oxygen atoms in total. The minimum absolute atomic E-state index is 0.324. The first-order valence-corrected chi connectivity index (χ1v) is 6.42. The van der Waals surface area contributed by atoms with Crippen molar-refractivity contribution < 1.29 is 9.90 Å². The minimum Gasteiger partial charge on any atom is -0.481 e. The highest BCUT2D eigenvalue weighted by Crippen LogP contribution is 2.20. The highest BCUT2D eigenvalue weighted by atomic mass is 32.2. The van der Waals surface area contributed by atoms with Gasteiger partial charge in [-0.3, -0.25) is 4.79 Å². The summed E-state index contributed by atoms with van der Waals surface area (Å²) in [5.41, 5.74) is 0. The molecule has 0 aromatic heterocycles. The lowest BCUT2D eigenvalue weighted by atomic mass is 10.2. The molecule has 0 aliphatic rings. The molecular formula is C11H22O2S. The van der Waals surface area contributed by atoms with Crippen LogP contribution in [-0.2, 0) is 4.79 Å². The van der Waals surface area contributed by atoms with Crippen LogP contribution in [0.2, 0.25) is 0 Å². The van der Waals surface area contributed by atoms with Gasteiger partial charge in [-0.05, 0) is 24.5 Å². The molecule has 0 spiro atoms. The van der Waals surface area contributed by atoms with Crippen molar-refractivity contribution in [3.8, 4) is 0 Å². The van der Waals surface area contributed by atoms with Gasteiger partial charge in [0, 0.05) is 11.7 Å². The van der Waals surface area contributed by atoms with Crippen LogP contribution in [0.15, 0.2) is 0 Å². The molecule has 1 atom stereocenters. The zero-order chi connectivity index (χ0) is 11.0. The largest absolute Gasteiger partial charge is 0.481 e. The van der Waals surface area contributed by atoms with Crippen LogP contribution >= 0.6 is 11.8 Å². The Morgan fingerprint density at radius 2 is 1.86 bits per heavy atom. The maximum absolute atomic E-state index is 10.2. The summed E-state index contributed by atoms with van der Waals surface area (Å²) in [5.74, 6) is 1.23. The number of thioether (sulfide) groups is 1. The van der Waals surface area contributed by atoms with E-state index in [1.807, 2.05) is 11.8 Å². The maximum Gasteiger partial charge on any atom is 0.303 e. The number of unbranched alkanes of at least 4 members (excludes halogenated alkanes) is 2. The third-order valence-electron chi connectivity index (χ3n) is 2.35. The van der Waals surface area contributed by atoms with Crippen LogP contribution in [0.25, 0.3) is 0 Å². The highest BCUT2D eigenvalue weighted by Gasteiger charge is 2.06. The molecule has 0 fully saturated rings. The predicted octanol–water partition coefficient (Wildman–Crippen LogP) is 3.41. The summed E-state index contributed by atoms with van der Waals surface area (Å²) in [6, 6.07) is 0. The van der Waals surface area contributed by atoms with E-state index in [0.29, 0.717) is 6.42 Å². The summed E-state index contributed by atoms with van der Waals surface area (Å²) in [5, 5.41) is 9.14. The molecule has 1 unspecified atom stereocenters. The van der Waals surface area contributed by atoms with Crippen LogP contribution in [0.4, 0.5) is 0 Å². The molecule has 84 valence electrons. The summed E-state index contributed by atoms with van der Waals surface area (Å²) >= 11 is 2.00. The minimum atomic E-state index is -0.673. The lowest BCUT2D eigenvalue weighted by molar-refractivity contribution is -0.137. The third kappa shape index (κ3) is 8.42. The Labute approximate surface area is 91.5 Å². The van der Waals surface area contributed by atoms with Crippen molar-refractivity contribution in [3.05, 3.63) is 0 Å². The second-order valence-electron chi connectivity index (χ2n) is 4.02. The Hall–Kier alpha value is -0.180. The van der Waals surface area contributed by atoms with E-state index in [0.717, 1.165) is 30.4 Å². The normalized spacial score (nSPS) is 13.1. The fourth-order valence-corrected chi connectivity index (χ4v) is 2.14. The molecule has 3 heteroatoms. The Balaban J connectivity index is 3.17. The van der Waals surface area contributed by atoms with Crippen LogP contribution in [0, 0.1) is 5.92 Å². The second-order valence-corrected chi connectivity index (χ2v) is 5.51. The molecule has 0 aromatic carbocycles. The van der Waals surface area contributed by atoms with Crippen molar-refractivity contribution in [1.29, 1.82) is 0 Å². The fourth-order valence-electron chi connectivity index (χ4n) is 1.02. The molecule has 0 amide bonds. The number of carbonyl (C=O) groups is 1. The first-order chi connectivity index (χ1) is 6.54. The average Bonchev–Trinajstić information content (AvgIpc) is 2.09. The maximum atomic E-state index is 10.2. The summed E-state index contributed by atoms with van der Waals surface area (Å²) < 4.78 is 0. The first-order valence-electron chi connectivity index (χ1n) is 5.37. The van der Waals surface area contributed by atoms with E-state index in [9.17, 15) is 4.79 Å². The molecule has 1 N–H and O–H groups in total. The van der Waals surface area contributed by atoms with Crippen molar-refractivity contribution >= 4 is 17.7 Å². The lowest BCUT2D eigenvalue weighted by Gasteiger charge is -2.14. The fraction of sp³-hybridized carbons (Fsp3) is 0.909. The number of hydrogen-bond donors (Lipinski definition) is 1. The zero-order valence-corrected chi connectivity index (χ0v) is 10.3. The second kappa shape index (κ2) is 8.16. The Kier molecular flexibility index (Phi) is 8.05. The monoisotopic (exact) mass is 218 g/mol. The van der Waals surface area contributed by atoms with Gasteiger partial charge in [-0.2, -0.15) is 11.8 Å². The lowest BCUT2D eigenvalue weighted by Crippen LogP contribution is -2.06. The molecular weight excluding hydrogens is 196 g/mol. The van der Waals surface area contributed by atoms with Gasteiger partial charge in [-0.15, -0.1) is 0 Å². The van der Waals surface area contributed by atoms with Crippen LogP contribution < -0.4 is 0 Å². The van der Waals surface area contributed by atoms with Gasteiger partial charge in [0.1, 0.15) is 0 Å². The molecule has 0 saturated heterocycles. The summed E-state index contributed by atoms with van der Waals surface area (Å²) in [6.07, 6.45) is 3.34. The predicted molar refractivity (Wildman–Crippen MR) is 62.9 cm³/mol. The van der Waals surface area contributed by atoms with Crippen molar-refractivity contribution in [2.75, 3.05) is 5.75 Å². The topological polar surface area (TPSA) is 37.3 Å². The average molecular weight is 218 g/mol. The van der Waals surface area contributed by atoms with Crippen molar-refractivity contribution in [2.24, 2.45) is 5.92 Å². The number of carboxylic acids is 1.